The number of thioether (sulfide) groups is 1. The van der Waals surface area contributed by atoms with Gasteiger partial charge in [-0.3, -0.25) is 4.79 Å². The molecule has 0 saturated heterocycles. The van der Waals surface area contributed by atoms with Crippen molar-refractivity contribution in [2.45, 2.75) is 9.92 Å². The van der Waals surface area contributed by atoms with E-state index in [9.17, 15) is 13.2 Å². The molecule has 8 heteroatoms. The van der Waals surface area contributed by atoms with Gasteiger partial charge in [0.25, 0.3) is 5.91 Å². The minimum absolute atomic E-state index is 0.173. The van der Waals surface area contributed by atoms with Crippen molar-refractivity contribution in [2.75, 3.05) is 25.7 Å². The van der Waals surface area contributed by atoms with Crippen molar-refractivity contribution >= 4 is 33.4 Å². The van der Waals surface area contributed by atoms with E-state index in [-0.39, 0.29) is 10.8 Å². The zero-order valence-electron chi connectivity index (χ0n) is 13.0. The number of benzene rings is 1. The van der Waals surface area contributed by atoms with Gasteiger partial charge in [0.2, 0.25) is 10.0 Å². The lowest BCUT2D eigenvalue weighted by atomic mass is 10.2. The number of nitrogens with one attached hydrogen (secondary N) is 1. The van der Waals surface area contributed by atoms with Crippen molar-refractivity contribution in [3.8, 4) is 0 Å². The summed E-state index contributed by atoms with van der Waals surface area (Å²) in [6.45, 7) is 0. The maximum absolute atomic E-state index is 12.3. The molecule has 0 radical (unpaired) electrons. The van der Waals surface area contributed by atoms with Crippen LogP contribution in [0.1, 0.15) is 10.4 Å². The molecule has 1 N–H and O–H groups in total. The number of nitrogens with zero attached hydrogens (tertiary/aromatic N) is 2. The summed E-state index contributed by atoms with van der Waals surface area (Å²) in [5.74, 6) is -0.286. The number of anilines is 1. The molecule has 0 aliphatic heterocycles. The summed E-state index contributed by atoms with van der Waals surface area (Å²) in [6.07, 6.45) is 3.48. The zero-order valence-corrected chi connectivity index (χ0v) is 14.6. The normalized spacial score (nSPS) is 11.5. The fourth-order valence-electron chi connectivity index (χ4n) is 1.85. The summed E-state index contributed by atoms with van der Waals surface area (Å²) in [6, 6.07) is 9.43. The fraction of sp³-hybridized carbons (Fsp3) is 0.200. The molecule has 1 aromatic carbocycles. The van der Waals surface area contributed by atoms with Crippen LogP contribution < -0.4 is 5.32 Å². The monoisotopic (exact) mass is 351 g/mol. The van der Waals surface area contributed by atoms with Gasteiger partial charge in [-0.15, -0.1) is 11.8 Å². The summed E-state index contributed by atoms with van der Waals surface area (Å²) in [5.41, 5.74) is 0.994. The highest BCUT2D eigenvalue weighted by molar-refractivity contribution is 7.98. The zero-order chi connectivity index (χ0) is 17.0. The number of rotatable bonds is 5. The predicted molar refractivity (Wildman–Crippen MR) is 91.3 cm³/mol. The average molecular weight is 351 g/mol. The number of hydrogen-bond acceptors (Lipinski definition) is 5. The van der Waals surface area contributed by atoms with Gasteiger partial charge in [-0.05, 0) is 42.7 Å². The van der Waals surface area contributed by atoms with Crippen LogP contribution >= 0.6 is 11.8 Å². The smallest absolute Gasteiger partial charge is 0.258 e. The number of hydrogen-bond donors (Lipinski definition) is 1. The van der Waals surface area contributed by atoms with Gasteiger partial charge in [-0.25, -0.2) is 17.7 Å². The van der Waals surface area contributed by atoms with Crippen LogP contribution in [0.2, 0.25) is 0 Å². The van der Waals surface area contributed by atoms with Gasteiger partial charge >= 0.3 is 0 Å². The quantitative estimate of drug-likeness (QED) is 0.836. The van der Waals surface area contributed by atoms with Crippen LogP contribution in [0.15, 0.2) is 52.5 Å². The van der Waals surface area contributed by atoms with E-state index in [4.69, 9.17) is 0 Å². The molecule has 0 bridgehead atoms. The Labute approximate surface area is 140 Å². The molecule has 0 fully saturated rings. The highest BCUT2D eigenvalue weighted by Crippen LogP contribution is 2.20. The predicted octanol–water partition coefficient (Wildman–Crippen LogP) is 2.31. The lowest BCUT2D eigenvalue weighted by molar-refractivity contribution is 0.102. The van der Waals surface area contributed by atoms with Gasteiger partial charge in [0.15, 0.2) is 0 Å². The van der Waals surface area contributed by atoms with Crippen LogP contribution in [0.3, 0.4) is 0 Å². The largest absolute Gasteiger partial charge is 0.322 e. The molecule has 1 amide bonds. The lowest BCUT2D eigenvalue weighted by Gasteiger charge is -2.12. The molecular formula is C15H17N3O3S2. The molecule has 122 valence electrons. The van der Waals surface area contributed by atoms with Crippen molar-refractivity contribution in [3.05, 3.63) is 48.2 Å². The number of aromatic nitrogens is 1. The Morgan fingerprint density at radius 3 is 2.39 bits per heavy atom. The van der Waals surface area contributed by atoms with Crippen LogP contribution in [0.25, 0.3) is 0 Å². The van der Waals surface area contributed by atoms with E-state index in [1.165, 1.54) is 38.0 Å². The molecule has 1 heterocycles. The Morgan fingerprint density at radius 2 is 1.83 bits per heavy atom. The number of carbonyl (C=O) groups is 1. The fourth-order valence-corrected chi connectivity index (χ4v) is 3.29. The van der Waals surface area contributed by atoms with E-state index in [1.54, 1.807) is 30.5 Å². The molecule has 0 saturated carbocycles. The third-order valence-corrected chi connectivity index (χ3v) is 5.64. The van der Waals surface area contributed by atoms with Gasteiger partial charge in [0.05, 0.1) is 10.5 Å². The number of carbonyl (C=O) groups excluding carboxylic acids is 1. The third-order valence-electron chi connectivity index (χ3n) is 3.10. The average Bonchev–Trinajstić information content (AvgIpc) is 2.55. The molecule has 0 unspecified atom stereocenters. The number of pyridine rings is 1. The summed E-state index contributed by atoms with van der Waals surface area (Å²) in [4.78, 5) is 16.6. The molecule has 0 spiro atoms. The van der Waals surface area contributed by atoms with Gasteiger partial charge in [0, 0.05) is 26.0 Å². The SMILES string of the molecule is CSc1ncccc1C(=O)Nc1ccc(S(=O)(=O)N(C)C)cc1. The Morgan fingerprint density at radius 1 is 1.17 bits per heavy atom. The van der Waals surface area contributed by atoms with Crippen LogP contribution in [0.4, 0.5) is 5.69 Å². The standard InChI is InChI=1S/C15H17N3O3S2/c1-18(2)23(20,21)12-8-6-11(7-9-12)17-14(19)13-5-4-10-16-15(13)22-3/h4-10H,1-3H3,(H,17,19). The lowest BCUT2D eigenvalue weighted by Crippen LogP contribution is -2.22. The molecule has 0 aliphatic rings. The van der Waals surface area contributed by atoms with Crippen LogP contribution in [-0.4, -0.2) is 44.0 Å². The Hall–Kier alpha value is -1.90. The maximum atomic E-state index is 12.3. The van der Waals surface area contributed by atoms with Gasteiger partial charge < -0.3 is 5.32 Å². The van der Waals surface area contributed by atoms with Crippen molar-refractivity contribution in [1.29, 1.82) is 0 Å². The first-order valence-electron chi connectivity index (χ1n) is 6.69. The molecule has 23 heavy (non-hydrogen) atoms. The summed E-state index contributed by atoms with van der Waals surface area (Å²) < 4.78 is 25.1. The topological polar surface area (TPSA) is 79.4 Å². The molecule has 2 aromatic rings. The van der Waals surface area contributed by atoms with E-state index >= 15 is 0 Å². The van der Waals surface area contributed by atoms with Gasteiger partial charge in [-0.1, -0.05) is 0 Å². The minimum Gasteiger partial charge on any atom is -0.322 e. The Balaban J connectivity index is 2.20. The van der Waals surface area contributed by atoms with Crippen molar-refractivity contribution in [1.82, 2.24) is 9.29 Å². The van der Waals surface area contributed by atoms with E-state index in [2.05, 4.69) is 10.3 Å². The van der Waals surface area contributed by atoms with Gasteiger partial charge in [-0.2, -0.15) is 0 Å². The summed E-state index contributed by atoms with van der Waals surface area (Å²) in [5, 5.41) is 3.38. The Kier molecular flexibility index (Phi) is 5.40. The van der Waals surface area contributed by atoms with Crippen molar-refractivity contribution < 1.29 is 13.2 Å². The van der Waals surface area contributed by atoms with Crippen molar-refractivity contribution in [3.63, 3.8) is 0 Å². The molecule has 1 aromatic heterocycles. The highest BCUT2D eigenvalue weighted by Gasteiger charge is 2.17. The minimum atomic E-state index is -3.48. The third kappa shape index (κ3) is 3.90. The van der Waals surface area contributed by atoms with Crippen LogP contribution in [-0.2, 0) is 10.0 Å². The van der Waals surface area contributed by atoms with Crippen LogP contribution in [0, 0.1) is 0 Å². The summed E-state index contributed by atoms with van der Waals surface area (Å²) >= 11 is 1.39. The van der Waals surface area contributed by atoms with E-state index < -0.39 is 10.0 Å². The maximum Gasteiger partial charge on any atom is 0.258 e. The van der Waals surface area contributed by atoms with E-state index in [0.29, 0.717) is 16.3 Å². The molecule has 2 rings (SSSR count). The molecular weight excluding hydrogens is 334 g/mol. The first-order valence-corrected chi connectivity index (χ1v) is 9.35. The second-order valence-corrected chi connectivity index (χ2v) is 7.77. The number of sulfonamides is 1. The second kappa shape index (κ2) is 7.12. The first kappa shape index (κ1) is 17.5. The van der Waals surface area contributed by atoms with Gasteiger partial charge in [0.1, 0.15) is 5.03 Å². The van der Waals surface area contributed by atoms with E-state index in [0.717, 1.165) is 4.31 Å². The molecule has 6 nitrogen and oxygen atoms in total. The summed E-state index contributed by atoms with van der Waals surface area (Å²) in [7, 11) is -0.538. The van der Waals surface area contributed by atoms with Crippen LogP contribution in [0.5, 0.6) is 0 Å². The molecule has 0 aliphatic carbocycles. The van der Waals surface area contributed by atoms with E-state index in [1.807, 2.05) is 6.26 Å². The number of amides is 1. The molecule has 0 atom stereocenters. The Bertz CT molecular complexity index is 803. The van der Waals surface area contributed by atoms with Crippen molar-refractivity contribution in [2.24, 2.45) is 0 Å². The second-order valence-electron chi connectivity index (χ2n) is 4.83. The first-order chi connectivity index (χ1) is 10.9. The highest BCUT2D eigenvalue weighted by atomic mass is 32.2.